The molecular formula is C18H28ClN3O. The molecule has 2 N–H and O–H groups in total. The van der Waals surface area contributed by atoms with Gasteiger partial charge in [0.05, 0.1) is 5.92 Å². The average molecular weight is 338 g/mol. The molecular weight excluding hydrogens is 310 g/mol. The fourth-order valence-corrected chi connectivity index (χ4v) is 3.63. The van der Waals surface area contributed by atoms with Crippen molar-refractivity contribution in [2.45, 2.75) is 25.7 Å². The maximum atomic E-state index is 12.5. The quantitative estimate of drug-likeness (QED) is 0.888. The number of hydrogen-bond donors (Lipinski definition) is 2. The molecule has 2 saturated heterocycles. The minimum absolute atomic E-state index is 0. The highest BCUT2D eigenvalue weighted by atomic mass is 35.5. The number of nitrogens with one attached hydrogen (secondary N) is 2. The van der Waals surface area contributed by atoms with E-state index in [-0.39, 0.29) is 24.2 Å². The summed E-state index contributed by atoms with van der Waals surface area (Å²) < 4.78 is 0. The van der Waals surface area contributed by atoms with Gasteiger partial charge in [0.15, 0.2) is 0 Å². The van der Waals surface area contributed by atoms with E-state index in [9.17, 15) is 4.79 Å². The summed E-state index contributed by atoms with van der Waals surface area (Å²) in [5, 5.41) is 6.48. The summed E-state index contributed by atoms with van der Waals surface area (Å²) in [6.45, 7) is 5.53. The molecule has 2 fully saturated rings. The van der Waals surface area contributed by atoms with Gasteiger partial charge in [0.2, 0.25) is 5.91 Å². The van der Waals surface area contributed by atoms with E-state index in [0.29, 0.717) is 0 Å². The van der Waals surface area contributed by atoms with Gasteiger partial charge in [-0.1, -0.05) is 18.2 Å². The molecule has 1 aromatic carbocycles. The molecule has 0 bridgehead atoms. The fourth-order valence-electron chi connectivity index (χ4n) is 3.63. The van der Waals surface area contributed by atoms with Crippen LogP contribution in [0.3, 0.4) is 0 Å². The van der Waals surface area contributed by atoms with Crippen LogP contribution in [0, 0.1) is 11.8 Å². The Bertz CT molecular complexity index is 476. The number of benzene rings is 1. The highest BCUT2D eigenvalue weighted by Crippen LogP contribution is 2.22. The highest BCUT2D eigenvalue weighted by molar-refractivity contribution is 5.92. The Hall–Kier alpha value is -1.10. The SMILES string of the molecule is Cl.O=C(Nc1ccccc1)C1CCCN(CC2CCNCC2)C1. The zero-order chi connectivity index (χ0) is 15.2. The second-order valence-corrected chi connectivity index (χ2v) is 6.65. The van der Waals surface area contributed by atoms with Gasteiger partial charge in [0.1, 0.15) is 0 Å². The van der Waals surface area contributed by atoms with Gasteiger partial charge in [-0.2, -0.15) is 0 Å². The van der Waals surface area contributed by atoms with Crippen molar-refractivity contribution in [3.63, 3.8) is 0 Å². The summed E-state index contributed by atoms with van der Waals surface area (Å²) in [6, 6.07) is 9.79. The third kappa shape index (κ3) is 5.48. The Kier molecular flexibility index (Phi) is 7.34. The predicted octanol–water partition coefficient (Wildman–Crippen LogP) is 2.76. The van der Waals surface area contributed by atoms with Crippen LogP contribution in [0.2, 0.25) is 0 Å². The maximum Gasteiger partial charge on any atom is 0.228 e. The molecule has 128 valence electrons. The summed E-state index contributed by atoms with van der Waals surface area (Å²) in [6.07, 6.45) is 4.70. The zero-order valence-corrected chi connectivity index (χ0v) is 14.5. The van der Waals surface area contributed by atoms with Gasteiger partial charge in [-0.25, -0.2) is 0 Å². The molecule has 0 saturated carbocycles. The minimum atomic E-state index is 0. The van der Waals surface area contributed by atoms with E-state index in [4.69, 9.17) is 0 Å². The first-order valence-corrected chi connectivity index (χ1v) is 8.60. The van der Waals surface area contributed by atoms with Gasteiger partial charge < -0.3 is 15.5 Å². The summed E-state index contributed by atoms with van der Waals surface area (Å²) in [4.78, 5) is 15.0. The van der Waals surface area contributed by atoms with E-state index in [1.54, 1.807) is 0 Å². The molecule has 0 aromatic heterocycles. The van der Waals surface area contributed by atoms with Crippen LogP contribution in [0.4, 0.5) is 5.69 Å². The summed E-state index contributed by atoms with van der Waals surface area (Å²) in [5.41, 5.74) is 0.906. The highest BCUT2D eigenvalue weighted by Gasteiger charge is 2.27. The first-order valence-electron chi connectivity index (χ1n) is 8.60. The number of rotatable bonds is 4. The second-order valence-electron chi connectivity index (χ2n) is 6.65. The minimum Gasteiger partial charge on any atom is -0.326 e. The molecule has 2 heterocycles. The largest absolute Gasteiger partial charge is 0.326 e. The van der Waals surface area contributed by atoms with Crippen molar-refractivity contribution >= 4 is 24.0 Å². The number of para-hydroxylation sites is 1. The van der Waals surface area contributed by atoms with Crippen molar-refractivity contribution < 1.29 is 4.79 Å². The summed E-state index contributed by atoms with van der Waals surface area (Å²) in [5.74, 6) is 1.12. The van der Waals surface area contributed by atoms with Crippen LogP contribution in [0.25, 0.3) is 0 Å². The van der Waals surface area contributed by atoms with Crippen LogP contribution in [-0.2, 0) is 4.79 Å². The van der Waals surface area contributed by atoms with E-state index in [0.717, 1.165) is 57.2 Å². The van der Waals surface area contributed by atoms with Gasteiger partial charge in [-0.05, 0) is 63.4 Å². The number of carbonyl (C=O) groups is 1. The Labute approximate surface area is 145 Å². The monoisotopic (exact) mass is 337 g/mol. The molecule has 4 nitrogen and oxygen atoms in total. The number of halogens is 1. The lowest BCUT2D eigenvalue weighted by molar-refractivity contribution is -0.121. The third-order valence-electron chi connectivity index (χ3n) is 4.89. The zero-order valence-electron chi connectivity index (χ0n) is 13.7. The van der Waals surface area contributed by atoms with Crippen molar-refractivity contribution in [3.8, 4) is 0 Å². The van der Waals surface area contributed by atoms with Gasteiger partial charge in [0.25, 0.3) is 0 Å². The van der Waals surface area contributed by atoms with Crippen LogP contribution in [0.15, 0.2) is 30.3 Å². The van der Waals surface area contributed by atoms with Crippen molar-refractivity contribution in [3.05, 3.63) is 30.3 Å². The lowest BCUT2D eigenvalue weighted by Gasteiger charge is -2.35. The smallest absolute Gasteiger partial charge is 0.228 e. The number of anilines is 1. The maximum absolute atomic E-state index is 12.5. The van der Waals surface area contributed by atoms with Crippen LogP contribution in [0.5, 0.6) is 0 Å². The van der Waals surface area contributed by atoms with Gasteiger partial charge >= 0.3 is 0 Å². The molecule has 0 spiro atoms. The summed E-state index contributed by atoms with van der Waals surface area (Å²) >= 11 is 0. The molecule has 23 heavy (non-hydrogen) atoms. The summed E-state index contributed by atoms with van der Waals surface area (Å²) in [7, 11) is 0. The molecule has 3 rings (SSSR count). The number of hydrogen-bond acceptors (Lipinski definition) is 3. The number of piperidine rings is 2. The van der Waals surface area contributed by atoms with Crippen LogP contribution >= 0.6 is 12.4 Å². The Morgan fingerprint density at radius 3 is 2.65 bits per heavy atom. The van der Waals surface area contributed by atoms with E-state index in [1.165, 1.54) is 12.8 Å². The molecule has 5 heteroatoms. The number of likely N-dealkylation sites (tertiary alicyclic amines) is 1. The van der Waals surface area contributed by atoms with Crippen molar-refractivity contribution in [1.82, 2.24) is 10.2 Å². The first kappa shape index (κ1) is 18.2. The van der Waals surface area contributed by atoms with Crippen LogP contribution < -0.4 is 10.6 Å². The standard InChI is InChI=1S/C18H27N3O.ClH/c22-18(20-17-6-2-1-3-7-17)16-5-4-12-21(14-16)13-15-8-10-19-11-9-15;/h1-3,6-7,15-16,19H,4-5,8-14H2,(H,20,22);1H. The van der Waals surface area contributed by atoms with Crippen molar-refractivity contribution in [2.75, 3.05) is 38.0 Å². The number of carbonyl (C=O) groups excluding carboxylic acids is 1. The van der Waals surface area contributed by atoms with E-state index in [1.807, 2.05) is 30.3 Å². The predicted molar refractivity (Wildman–Crippen MR) is 97.1 cm³/mol. The van der Waals surface area contributed by atoms with E-state index < -0.39 is 0 Å². The number of nitrogens with zero attached hydrogens (tertiary/aromatic N) is 1. The van der Waals surface area contributed by atoms with Gasteiger partial charge in [-0.15, -0.1) is 12.4 Å². The lowest BCUT2D eigenvalue weighted by atomic mass is 9.93. The molecule has 1 unspecified atom stereocenters. The van der Waals surface area contributed by atoms with Gasteiger partial charge in [-0.3, -0.25) is 4.79 Å². The molecule has 2 aliphatic rings. The molecule has 2 aliphatic heterocycles. The van der Waals surface area contributed by atoms with Crippen molar-refractivity contribution in [2.24, 2.45) is 11.8 Å². The van der Waals surface area contributed by atoms with E-state index >= 15 is 0 Å². The van der Waals surface area contributed by atoms with Gasteiger partial charge in [0, 0.05) is 18.8 Å². The molecule has 0 radical (unpaired) electrons. The molecule has 1 aromatic rings. The van der Waals surface area contributed by atoms with E-state index in [2.05, 4.69) is 15.5 Å². The van der Waals surface area contributed by atoms with Crippen LogP contribution in [0.1, 0.15) is 25.7 Å². The molecule has 1 atom stereocenters. The number of amides is 1. The fraction of sp³-hybridized carbons (Fsp3) is 0.611. The Morgan fingerprint density at radius 2 is 1.91 bits per heavy atom. The molecule has 0 aliphatic carbocycles. The third-order valence-corrected chi connectivity index (χ3v) is 4.89. The average Bonchev–Trinajstić information content (AvgIpc) is 2.57. The Morgan fingerprint density at radius 1 is 1.17 bits per heavy atom. The first-order chi connectivity index (χ1) is 10.8. The Balaban J connectivity index is 0.00000192. The lowest BCUT2D eigenvalue weighted by Crippen LogP contribution is -2.44. The normalized spacial score (nSPS) is 23.0. The van der Waals surface area contributed by atoms with Crippen LogP contribution in [-0.4, -0.2) is 43.5 Å². The van der Waals surface area contributed by atoms with Crippen molar-refractivity contribution in [1.29, 1.82) is 0 Å². The molecule has 1 amide bonds. The topological polar surface area (TPSA) is 44.4 Å². The second kappa shape index (κ2) is 9.26.